The maximum Gasteiger partial charge on any atom is 0.219 e. The van der Waals surface area contributed by atoms with Gasteiger partial charge in [0.1, 0.15) is 5.75 Å². The second kappa shape index (κ2) is 5.62. The largest absolute Gasteiger partial charge is 0.439 e. The van der Waals surface area contributed by atoms with E-state index in [4.69, 9.17) is 16.3 Å². The van der Waals surface area contributed by atoms with Gasteiger partial charge in [-0.1, -0.05) is 32.9 Å². The molecule has 0 fully saturated rings. The lowest BCUT2D eigenvalue weighted by Crippen LogP contribution is -2.10. The minimum absolute atomic E-state index is 0.102. The summed E-state index contributed by atoms with van der Waals surface area (Å²) in [6, 6.07) is 11.8. The van der Waals surface area contributed by atoms with Gasteiger partial charge in [-0.3, -0.25) is 0 Å². The van der Waals surface area contributed by atoms with Crippen molar-refractivity contribution < 1.29 is 4.74 Å². The fraction of sp³-hybridized carbons (Fsp3) is 0.312. The second-order valence-corrected chi connectivity index (χ2v) is 5.78. The zero-order chi connectivity index (χ0) is 13.9. The van der Waals surface area contributed by atoms with Gasteiger partial charge in [-0.05, 0) is 34.7 Å². The molecule has 0 bridgehead atoms. The Kier molecular flexibility index (Phi) is 4.11. The number of pyridine rings is 1. The number of benzene rings is 1. The molecule has 0 spiro atoms. The fourth-order valence-corrected chi connectivity index (χ4v) is 1.90. The van der Waals surface area contributed by atoms with Crippen LogP contribution in [0.15, 0.2) is 42.6 Å². The van der Waals surface area contributed by atoms with Gasteiger partial charge in [0.2, 0.25) is 5.88 Å². The summed E-state index contributed by atoms with van der Waals surface area (Å²) in [7, 11) is 0. The van der Waals surface area contributed by atoms with E-state index >= 15 is 0 Å². The highest BCUT2D eigenvalue weighted by Gasteiger charge is 2.14. The number of aromatic nitrogens is 1. The fourth-order valence-electron chi connectivity index (χ4n) is 1.74. The molecule has 0 saturated heterocycles. The molecule has 0 amide bonds. The number of hydrogen-bond donors (Lipinski definition) is 0. The monoisotopic (exact) mass is 275 g/mol. The van der Waals surface area contributed by atoms with E-state index in [0.29, 0.717) is 11.8 Å². The van der Waals surface area contributed by atoms with Gasteiger partial charge in [0, 0.05) is 18.1 Å². The molecule has 0 aliphatic rings. The topological polar surface area (TPSA) is 22.1 Å². The number of halogens is 1. The Morgan fingerprint density at radius 3 is 2.63 bits per heavy atom. The van der Waals surface area contributed by atoms with E-state index in [2.05, 4.69) is 37.9 Å². The van der Waals surface area contributed by atoms with Crippen molar-refractivity contribution in [3.63, 3.8) is 0 Å². The number of alkyl halides is 1. The Morgan fingerprint density at radius 1 is 1.16 bits per heavy atom. The third-order valence-electron chi connectivity index (χ3n) is 2.88. The normalized spacial score (nSPS) is 11.4. The van der Waals surface area contributed by atoms with Crippen molar-refractivity contribution in [1.82, 2.24) is 4.98 Å². The summed E-state index contributed by atoms with van der Waals surface area (Å²) in [5.41, 5.74) is 2.34. The summed E-state index contributed by atoms with van der Waals surface area (Å²) in [5.74, 6) is 1.83. The lowest BCUT2D eigenvalue weighted by atomic mass is 9.87. The molecule has 19 heavy (non-hydrogen) atoms. The SMILES string of the molecule is CC(C)(C)c1cccc(Oc2cc(CCl)ccn2)c1. The van der Waals surface area contributed by atoms with Gasteiger partial charge in [0.05, 0.1) is 0 Å². The predicted octanol–water partition coefficient (Wildman–Crippen LogP) is 4.91. The summed E-state index contributed by atoms with van der Waals surface area (Å²) in [6.07, 6.45) is 1.71. The molecule has 0 unspecified atom stereocenters. The van der Waals surface area contributed by atoms with Crippen molar-refractivity contribution in [3.8, 4) is 11.6 Å². The van der Waals surface area contributed by atoms with Crippen molar-refractivity contribution in [1.29, 1.82) is 0 Å². The molecular weight excluding hydrogens is 258 g/mol. The lowest BCUT2D eigenvalue weighted by molar-refractivity contribution is 0.459. The number of nitrogens with zero attached hydrogens (tertiary/aromatic N) is 1. The van der Waals surface area contributed by atoms with Crippen LogP contribution < -0.4 is 4.74 Å². The third kappa shape index (κ3) is 3.71. The Morgan fingerprint density at radius 2 is 1.95 bits per heavy atom. The highest BCUT2D eigenvalue weighted by Crippen LogP contribution is 2.28. The Hall–Kier alpha value is -1.54. The van der Waals surface area contributed by atoms with Crippen LogP contribution in [0.25, 0.3) is 0 Å². The summed E-state index contributed by atoms with van der Waals surface area (Å²) in [5, 5.41) is 0. The predicted molar refractivity (Wildman–Crippen MR) is 79.0 cm³/mol. The van der Waals surface area contributed by atoms with E-state index in [-0.39, 0.29) is 5.41 Å². The van der Waals surface area contributed by atoms with Gasteiger partial charge < -0.3 is 4.74 Å². The van der Waals surface area contributed by atoms with E-state index in [1.807, 2.05) is 24.3 Å². The van der Waals surface area contributed by atoms with E-state index in [0.717, 1.165) is 11.3 Å². The third-order valence-corrected chi connectivity index (χ3v) is 3.18. The molecule has 2 rings (SSSR count). The van der Waals surface area contributed by atoms with Gasteiger partial charge in [0.25, 0.3) is 0 Å². The van der Waals surface area contributed by atoms with Gasteiger partial charge in [0.15, 0.2) is 0 Å². The van der Waals surface area contributed by atoms with Crippen LogP contribution in [0.4, 0.5) is 0 Å². The first kappa shape index (κ1) is 13.9. The van der Waals surface area contributed by atoms with Gasteiger partial charge in [-0.25, -0.2) is 4.98 Å². The molecule has 1 heterocycles. The van der Waals surface area contributed by atoms with Crippen molar-refractivity contribution in [2.45, 2.75) is 32.1 Å². The Bertz CT molecular complexity index is 561. The quantitative estimate of drug-likeness (QED) is 0.743. The molecule has 0 aliphatic carbocycles. The summed E-state index contributed by atoms with van der Waals surface area (Å²) < 4.78 is 5.79. The van der Waals surface area contributed by atoms with Crippen LogP contribution in [0.1, 0.15) is 31.9 Å². The van der Waals surface area contributed by atoms with Crippen molar-refractivity contribution in [2.75, 3.05) is 0 Å². The number of ether oxygens (including phenoxy) is 1. The van der Waals surface area contributed by atoms with Crippen LogP contribution in [0.2, 0.25) is 0 Å². The Labute approximate surface area is 119 Å². The van der Waals surface area contributed by atoms with Gasteiger partial charge in [-0.15, -0.1) is 11.6 Å². The first-order valence-electron chi connectivity index (χ1n) is 6.28. The van der Waals surface area contributed by atoms with Gasteiger partial charge in [-0.2, -0.15) is 0 Å². The summed E-state index contributed by atoms with van der Waals surface area (Å²) >= 11 is 5.80. The molecule has 0 N–H and O–H groups in total. The zero-order valence-electron chi connectivity index (χ0n) is 11.5. The number of rotatable bonds is 3. The summed E-state index contributed by atoms with van der Waals surface area (Å²) in [4.78, 5) is 4.19. The minimum Gasteiger partial charge on any atom is -0.439 e. The number of hydrogen-bond acceptors (Lipinski definition) is 2. The maximum atomic E-state index is 5.80. The molecule has 0 atom stereocenters. The molecule has 1 aromatic carbocycles. The summed E-state index contributed by atoms with van der Waals surface area (Å²) in [6.45, 7) is 6.54. The highest BCUT2D eigenvalue weighted by atomic mass is 35.5. The Balaban J connectivity index is 2.23. The molecule has 1 aromatic heterocycles. The average molecular weight is 276 g/mol. The first-order chi connectivity index (χ1) is 8.99. The maximum absolute atomic E-state index is 5.80. The molecular formula is C16H18ClNO. The highest BCUT2D eigenvalue weighted by molar-refractivity contribution is 6.17. The van der Waals surface area contributed by atoms with E-state index in [1.54, 1.807) is 6.20 Å². The van der Waals surface area contributed by atoms with E-state index in [1.165, 1.54) is 5.56 Å². The van der Waals surface area contributed by atoms with Crippen LogP contribution in [0, 0.1) is 0 Å². The second-order valence-electron chi connectivity index (χ2n) is 5.52. The minimum atomic E-state index is 0.102. The van der Waals surface area contributed by atoms with E-state index in [9.17, 15) is 0 Å². The molecule has 100 valence electrons. The molecule has 0 saturated carbocycles. The van der Waals surface area contributed by atoms with Gasteiger partial charge >= 0.3 is 0 Å². The average Bonchev–Trinajstić information content (AvgIpc) is 2.38. The molecule has 0 radical (unpaired) electrons. The molecule has 0 aliphatic heterocycles. The van der Waals surface area contributed by atoms with Crippen molar-refractivity contribution in [2.24, 2.45) is 0 Å². The van der Waals surface area contributed by atoms with Crippen LogP contribution in [-0.4, -0.2) is 4.98 Å². The molecule has 2 nitrogen and oxygen atoms in total. The van der Waals surface area contributed by atoms with Crippen molar-refractivity contribution >= 4 is 11.6 Å². The standard InChI is InChI=1S/C16H18ClNO/c1-16(2,3)13-5-4-6-14(10-13)19-15-9-12(11-17)7-8-18-15/h4-10H,11H2,1-3H3. The lowest BCUT2D eigenvalue weighted by Gasteiger charge is -2.19. The molecule has 3 heteroatoms. The van der Waals surface area contributed by atoms with Crippen LogP contribution >= 0.6 is 11.6 Å². The van der Waals surface area contributed by atoms with Crippen LogP contribution in [0.3, 0.4) is 0 Å². The zero-order valence-corrected chi connectivity index (χ0v) is 12.2. The molecule has 2 aromatic rings. The first-order valence-corrected chi connectivity index (χ1v) is 6.82. The smallest absolute Gasteiger partial charge is 0.219 e. The van der Waals surface area contributed by atoms with Crippen LogP contribution in [0.5, 0.6) is 11.6 Å². The van der Waals surface area contributed by atoms with Crippen LogP contribution in [-0.2, 0) is 11.3 Å². The van der Waals surface area contributed by atoms with Crippen molar-refractivity contribution in [3.05, 3.63) is 53.7 Å². The van der Waals surface area contributed by atoms with E-state index < -0.39 is 0 Å².